The number of amides is 1. The van der Waals surface area contributed by atoms with Crippen LogP contribution < -0.4 is 15.8 Å². The van der Waals surface area contributed by atoms with E-state index in [0.29, 0.717) is 29.3 Å². The van der Waals surface area contributed by atoms with Crippen molar-refractivity contribution in [2.45, 2.75) is 13.3 Å². The highest BCUT2D eigenvalue weighted by Gasteiger charge is 2.09. The number of nitrogen functional groups attached to an aromatic ring is 1. The molecule has 0 spiro atoms. The quantitative estimate of drug-likeness (QED) is 0.800. The lowest BCUT2D eigenvalue weighted by atomic mass is 10.2. The molecule has 0 unspecified atom stereocenters. The van der Waals surface area contributed by atoms with Crippen LogP contribution in [0, 0.1) is 0 Å². The van der Waals surface area contributed by atoms with Gasteiger partial charge in [0.15, 0.2) is 0 Å². The number of carbonyl (C=O) groups is 1. The standard InChI is InChI=1S/C16H17BrN2O2/c1-2-8-21-13-5-3-4-11(9-13)16(20)19-15-7-6-12(17)10-14(15)18/h3-7,9-10H,2,8,18H2,1H3,(H,19,20). The highest BCUT2D eigenvalue weighted by molar-refractivity contribution is 9.10. The maximum absolute atomic E-state index is 12.2. The molecule has 2 rings (SSSR count). The Morgan fingerprint density at radius 1 is 1.29 bits per heavy atom. The molecule has 2 aromatic rings. The smallest absolute Gasteiger partial charge is 0.255 e. The van der Waals surface area contributed by atoms with Crippen LogP contribution in [-0.2, 0) is 0 Å². The van der Waals surface area contributed by atoms with Crippen molar-refractivity contribution in [1.82, 2.24) is 0 Å². The van der Waals surface area contributed by atoms with Gasteiger partial charge in [-0.1, -0.05) is 28.9 Å². The number of nitrogens with two attached hydrogens (primary N) is 1. The van der Waals surface area contributed by atoms with E-state index in [9.17, 15) is 4.79 Å². The summed E-state index contributed by atoms with van der Waals surface area (Å²) >= 11 is 3.33. The third-order valence-electron chi connectivity index (χ3n) is 2.83. The maximum atomic E-state index is 12.2. The molecule has 0 aliphatic carbocycles. The highest BCUT2D eigenvalue weighted by Crippen LogP contribution is 2.24. The zero-order valence-electron chi connectivity index (χ0n) is 11.7. The van der Waals surface area contributed by atoms with Crippen LogP contribution in [0.15, 0.2) is 46.9 Å². The van der Waals surface area contributed by atoms with Crippen LogP contribution in [0.1, 0.15) is 23.7 Å². The Labute approximate surface area is 132 Å². The van der Waals surface area contributed by atoms with Crippen molar-refractivity contribution in [3.05, 3.63) is 52.5 Å². The number of halogens is 1. The molecule has 0 aromatic heterocycles. The number of anilines is 2. The van der Waals surface area contributed by atoms with Gasteiger partial charge >= 0.3 is 0 Å². The predicted molar refractivity (Wildman–Crippen MR) is 88.7 cm³/mol. The van der Waals surface area contributed by atoms with E-state index in [1.807, 2.05) is 19.1 Å². The first-order chi connectivity index (χ1) is 10.1. The summed E-state index contributed by atoms with van der Waals surface area (Å²) in [4.78, 5) is 12.2. The summed E-state index contributed by atoms with van der Waals surface area (Å²) in [6.07, 6.45) is 0.922. The van der Waals surface area contributed by atoms with Crippen LogP contribution in [0.25, 0.3) is 0 Å². The SMILES string of the molecule is CCCOc1cccc(C(=O)Nc2ccc(Br)cc2N)c1. The molecule has 0 fully saturated rings. The fourth-order valence-corrected chi connectivity index (χ4v) is 2.17. The summed E-state index contributed by atoms with van der Waals surface area (Å²) in [7, 11) is 0. The van der Waals surface area contributed by atoms with Gasteiger partial charge in [0.05, 0.1) is 18.0 Å². The lowest BCUT2D eigenvalue weighted by molar-refractivity contribution is 0.102. The minimum absolute atomic E-state index is 0.217. The molecule has 4 nitrogen and oxygen atoms in total. The van der Waals surface area contributed by atoms with E-state index in [1.165, 1.54) is 0 Å². The van der Waals surface area contributed by atoms with Gasteiger partial charge in [0.1, 0.15) is 5.75 Å². The number of ether oxygens (including phenoxy) is 1. The van der Waals surface area contributed by atoms with Crippen molar-refractivity contribution in [2.75, 3.05) is 17.7 Å². The molecule has 1 amide bonds. The van der Waals surface area contributed by atoms with Crippen LogP contribution in [-0.4, -0.2) is 12.5 Å². The maximum Gasteiger partial charge on any atom is 0.255 e. The molecule has 5 heteroatoms. The number of carbonyl (C=O) groups excluding carboxylic acids is 1. The second-order valence-corrected chi connectivity index (χ2v) is 5.48. The van der Waals surface area contributed by atoms with E-state index in [0.717, 1.165) is 10.9 Å². The summed E-state index contributed by atoms with van der Waals surface area (Å²) in [5, 5.41) is 2.80. The molecule has 0 bridgehead atoms. The molecule has 0 saturated heterocycles. The molecule has 0 saturated carbocycles. The Hall–Kier alpha value is -2.01. The fourth-order valence-electron chi connectivity index (χ4n) is 1.79. The third-order valence-corrected chi connectivity index (χ3v) is 3.32. The van der Waals surface area contributed by atoms with Gasteiger partial charge in [0.2, 0.25) is 0 Å². The van der Waals surface area contributed by atoms with Crippen LogP contribution >= 0.6 is 15.9 Å². The Kier molecular flexibility index (Phi) is 5.22. The summed E-state index contributed by atoms with van der Waals surface area (Å²) in [6, 6.07) is 12.4. The lowest BCUT2D eigenvalue weighted by Crippen LogP contribution is -2.13. The molecule has 0 aliphatic rings. The van der Waals surface area contributed by atoms with Crippen LogP contribution in [0.3, 0.4) is 0 Å². The number of hydrogen-bond donors (Lipinski definition) is 2. The first-order valence-electron chi connectivity index (χ1n) is 6.69. The third kappa shape index (κ3) is 4.23. The zero-order chi connectivity index (χ0) is 15.2. The van der Waals surface area contributed by atoms with Gasteiger partial charge in [-0.25, -0.2) is 0 Å². The largest absolute Gasteiger partial charge is 0.494 e. The second kappa shape index (κ2) is 7.13. The summed E-state index contributed by atoms with van der Waals surface area (Å²) in [5.41, 5.74) is 7.50. The van der Waals surface area contributed by atoms with Gasteiger partial charge in [0, 0.05) is 10.0 Å². The number of nitrogens with one attached hydrogen (secondary N) is 1. The molecular formula is C16H17BrN2O2. The van der Waals surface area contributed by atoms with Crippen LogP contribution in [0.2, 0.25) is 0 Å². The van der Waals surface area contributed by atoms with Crippen molar-refractivity contribution >= 4 is 33.2 Å². The topological polar surface area (TPSA) is 64.3 Å². The summed E-state index contributed by atoms with van der Waals surface area (Å²) in [6.45, 7) is 2.66. The van der Waals surface area contributed by atoms with Crippen molar-refractivity contribution in [1.29, 1.82) is 0 Å². The average Bonchev–Trinajstić information content (AvgIpc) is 2.48. The minimum atomic E-state index is -0.217. The van der Waals surface area contributed by atoms with E-state index < -0.39 is 0 Å². The van der Waals surface area contributed by atoms with E-state index in [-0.39, 0.29) is 5.91 Å². The first-order valence-corrected chi connectivity index (χ1v) is 7.48. The Balaban J connectivity index is 2.12. The molecule has 2 aromatic carbocycles. The van der Waals surface area contributed by atoms with Crippen molar-refractivity contribution in [3.8, 4) is 5.75 Å². The molecular weight excluding hydrogens is 332 g/mol. The van der Waals surface area contributed by atoms with Gasteiger partial charge in [-0.3, -0.25) is 4.79 Å². The molecule has 0 heterocycles. The Bertz CT molecular complexity index is 644. The highest BCUT2D eigenvalue weighted by atomic mass is 79.9. The predicted octanol–water partition coefficient (Wildman–Crippen LogP) is 4.07. The molecule has 21 heavy (non-hydrogen) atoms. The van der Waals surface area contributed by atoms with Gasteiger partial charge in [0.25, 0.3) is 5.91 Å². The Morgan fingerprint density at radius 3 is 2.81 bits per heavy atom. The van der Waals surface area contributed by atoms with E-state index >= 15 is 0 Å². The second-order valence-electron chi connectivity index (χ2n) is 4.56. The average molecular weight is 349 g/mol. The van der Waals surface area contributed by atoms with Gasteiger partial charge < -0.3 is 15.8 Å². The number of benzene rings is 2. The molecule has 0 atom stereocenters. The van der Waals surface area contributed by atoms with Crippen molar-refractivity contribution in [2.24, 2.45) is 0 Å². The Morgan fingerprint density at radius 2 is 2.10 bits per heavy atom. The number of hydrogen-bond acceptors (Lipinski definition) is 3. The van der Waals surface area contributed by atoms with E-state index in [4.69, 9.17) is 10.5 Å². The fraction of sp³-hybridized carbons (Fsp3) is 0.188. The monoisotopic (exact) mass is 348 g/mol. The molecule has 0 radical (unpaired) electrons. The summed E-state index contributed by atoms with van der Waals surface area (Å²) in [5.74, 6) is 0.472. The summed E-state index contributed by atoms with van der Waals surface area (Å²) < 4.78 is 6.39. The molecule has 3 N–H and O–H groups in total. The van der Waals surface area contributed by atoms with E-state index in [1.54, 1.807) is 30.3 Å². The molecule has 0 aliphatic heterocycles. The first kappa shape index (κ1) is 15.4. The van der Waals surface area contributed by atoms with Crippen LogP contribution in [0.5, 0.6) is 5.75 Å². The minimum Gasteiger partial charge on any atom is -0.494 e. The van der Waals surface area contributed by atoms with Crippen molar-refractivity contribution < 1.29 is 9.53 Å². The van der Waals surface area contributed by atoms with Crippen molar-refractivity contribution in [3.63, 3.8) is 0 Å². The molecule has 110 valence electrons. The zero-order valence-corrected chi connectivity index (χ0v) is 13.3. The lowest BCUT2D eigenvalue weighted by Gasteiger charge is -2.10. The number of rotatable bonds is 5. The van der Waals surface area contributed by atoms with E-state index in [2.05, 4.69) is 21.2 Å². The van der Waals surface area contributed by atoms with Gasteiger partial charge in [-0.15, -0.1) is 0 Å². The van der Waals surface area contributed by atoms with Gasteiger partial charge in [-0.05, 0) is 42.8 Å². The van der Waals surface area contributed by atoms with Crippen LogP contribution in [0.4, 0.5) is 11.4 Å². The normalized spacial score (nSPS) is 10.2. The van der Waals surface area contributed by atoms with Gasteiger partial charge in [-0.2, -0.15) is 0 Å².